The molecule has 1 aromatic rings. The van der Waals surface area contributed by atoms with Gasteiger partial charge in [0, 0.05) is 9.61 Å². The zero-order valence-corrected chi connectivity index (χ0v) is 11.6. The number of halogens is 1. The zero-order chi connectivity index (χ0) is 12.3. The van der Waals surface area contributed by atoms with Crippen molar-refractivity contribution in [2.75, 3.05) is 5.32 Å². The fraction of sp³-hybridized carbons (Fsp3) is 0.462. The van der Waals surface area contributed by atoms with Gasteiger partial charge >= 0.3 is 0 Å². The largest absolute Gasteiger partial charge is 0.393 e. The number of hydrogen-bond acceptors (Lipinski definition) is 3. The molecule has 3 nitrogen and oxygen atoms in total. The highest BCUT2D eigenvalue weighted by atomic mass is 127. The van der Waals surface area contributed by atoms with Gasteiger partial charge in [-0.3, -0.25) is 0 Å². The van der Waals surface area contributed by atoms with Gasteiger partial charge in [0.2, 0.25) is 0 Å². The average Bonchev–Trinajstić information content (AvgIpc) is 2.32. The Morgan fingerprint density at radius 2 is 2.00 bits per heavy atom. The Bertz CT molecular complexity index is 434. The second kappa shape index (κ2) is 5.69. The summed E-state index contributed by atoms with van der Waals surface area (Å²) in [5.74, 6) is 0. The maximum Gasteiger partial charge on any atom is 0.101 e. The van der Waals surface area contributed by atoms with E-state index in [1.54, 1.807) is 0 Å². The predicted octanol–water partition coefficient (Wildman–Crippen LogP) is 2.88. The standard InChI is InChI=1S/C13H15IN2O/c14-10-2-1-9(8-15)13(7-10)16-11-3-5-12(17)6-4-11/h1-2,7,11-12,16-17H,3-6H2. The number of anilines is 1. The van der Waals surface area contributed by atoms with Gasteiger partial charge < -0.3 is 10.4 Å². The molecular weight excluding hydrogens is 327 g/mol. The lowest BCUT2D eigenvalue weighted by Gasteiger charge is -2.27. The van der Waals surface area contributed by atoms with Gasteiger partial charge in [-0.2, -0.15) is 5.26 Å². The third kappa shape index (κ3) is 3.33. The highest BCUT2D eigenvalue weighted by Gasteiger charge is 2.19. The number of rotatable bonds is 2. The van der Waals surface area contributed by atoms with Crippen molar-refractivity contribution in [3.63, 3.8) is 0 Å². The summed E-state index contributed by atoms with van der Waals surface area (Å²) in [5, 5.41) is 21.9. The fourth-order valence-electron chi connectivity index (χ4n) is 2.17. The van der Waals surface area contributed by atoms with Gasteiger partial charge in [-0.25, -0.2) is 0 Å². The summed E-state index contributed by atoms with van der Waals surface area (Å²) in [4.78, 5) is 0. The third-order valence-corrected chi connectivity index (χ3v) is 3.83. The van der Waals surface area contributed by atoms with Gasteiger partial charge in [-0.15, -0.1) is 0 Å². The Morgan fingerprint density at radius 3 is 2.65 bits per heavy atom. The van der Waals surface area contributed by atoms with Crippen LogP contribution < -0.4 is 5.32 Å². The number of nitrogens with one attached hydrogen (secondary N) is 1. The molecule has 90 valence electrons. The first-order valence-corrected chi connectivity index (χ1v) is 6.91. The number of nitriles is 1. The first-order valence-electron chi connectivity index (χ1n) is 5.83. The van der Waals surface area contributed by atoms with Crippen molar-refractivity contribution in [1.82, 2.24) is 0 Å². The van der Waals surface area contributed by atoms with E-state index in [0.717, 1.165) is 34.9 Å². The molecule has 1 saturated carbocycles. The van der Waals surface area contributed by atoms with Crippen LogP contribution in [0.25, 0.3) is 0 Å². The third-order valence-electron chi connectivity index (χ3n) is 3.16. The summed E-state index contributed by atoms with van der Waals surface area (Å²) in [6, 6.07) is 8.38. The van der Waals surface area contributed by atoms with Crippen molar-refractivity contribution in [2.45, 2.75) is 37.8 Å². The second-order valence-electron chi connectivity index (χ2n) is 4.45. The summed E-state index contributed by atoms with van der Waals surface area (Å²) in [6.45, 7) is 0. The average molecular weight is 342 g/mol. The van der Waals surface area contributed by atoms with Crippen molar-refractivity contribution in [1.29, 1.82) is 5.26 Å². The van der Waals surface area contributed by atoms with Crippen LogP contribution in [0.1, 0.15) is 31.2 Å². The molecule has 1 fully saturated rings. The minimum atomic E-state index is -0.139. The van der Waals surface area contributed by atoms with Crippen molar-refractivity contribution < 1.29 is 5.11 Å². The topological polar surface area (TPSA) is 56.0 Å². The Morgan fingerprint density at radius 1 is 1.29 bits per heavy atom. The Balaban J connectivity index is 2.08. The van der Waals surface area contributed by atoms with Crippen molar-refractivity contribution in [2.24, 2.45) is 0 Å². The molecule has 0 saturated heterocycles. The lowest BCUT2D eigenvalue weighted by atomic mass is 9.93. The molecule has 0 bridgehead atoms. The summed E-state index contributed by atoms with van der Waals surface area (Å²) in [5.41, 5.74) is 1.61. The van der Waals surface area contributed by atoms with Crippen LogP contribution in [0.3, 0.4) is 0 Å². The van der Waals surface area contributed by atoms with Crippen LogP contribution in [0.15, 0.2) is 18.2 Å². The zero-order valence-electron chi connectivity index (χ0n) is 9.49. The van der Waals surface area contributed by atoms with E-state index in [-0.39, 0.29) is 6.10 Å². The van der Waals surface area contributed by atoms with E-state index in [9.17, 15) is 5.11 Å². The molecule has 0 amide bonds. The number of nitrogens with zero attached hydrogens (tertiary/aromatic N) is 1. The molecule has 0 radical (unpaired) electrons. The van der Waals surface area contributed by atoms with Crippen LogP contribution in [0.4, 0.5) is 5.69 Å². The molecule has 2 rings (SSSR count). The smallest absolute Gasteiger partial charge is 0.101 e. The highest BCUT2D eigenvalue weighted by Crippen LogP contribution is 2.25. The molecule has 1 aliphatic rings. The van der Waals surface area contributed by atoms with Gasteiger partial charge in [0.15, 0.2) is 0 Å². The molecular formula is C13H15IN2O. The predicted molar refractivity (Wildman–Crippen MR) is 75.8 cm³/mol. The van der Waals surface area contributed by atoms with Crippen LogP contribution in [0.5, 0.6) is 0 Å². The van der Waals surface area contributed by atoms with Gasteiger partial charge in [0.25, 0.3) is 0 Å². The monoisotopic (exact) mass is 342 g/mol. The Labute approximate surface area is 115 Å². The van der Waals surface area contributed by atoms with Crippen LogP contribution in [0.2, 0.25) is 0 Å². The summed E-state index contributed by atoms with van der Waals surface area (Å²) in [6.07, 6.45) is 3.50. The minimum absolute atomic E-state index is 0.139. The number of benzene rings is 1. The van der Waals surface area contributed by atoms with E-state index >= 15 is 0 Å². The first kappa shape index (κ1) is 12.7. The number of aliphatic hydroxyl groups is 1. The molecule has 17 heavy (non-hydrogen) atoms. The number of aliphatic hydroxyl groups excluding tert-OH is 1. The van der Waals surface area contributed by atoms with E-state index in [1.165, 1.54) is 0 Å². The van der Waals surface area contributed by atoms with Gasteiger partial charge in [0.05, 0.1) is 17.4 Å². The Kier molecular flexibility index (Phi) is 4.24. The van der Waals surface area contributed by atoms with Crippen LogP contribution >= 0.6 is 22.6 Å². The molecule has 1 aromatic carbocycles. The number of hydrogen-bond donors (Lipinski definition) is 2. The first-order chi connectivity index (χ1) is 8.19. The molecule has 1 aliphatic carbocycles. The Hall–Kier alpha value is -0.800. The molecule has 4 heteroatoms. The SMILES string of the molecule is N#Cc1ccc(I)cc1NC1CCC(O)CC1. The minimum Gasteiger partial charge on any atom is -0.393 e. The maximum atomic E-state index is 9.46. The quantitative estimate of drug-likeness (QED) is 0.813. The van der Waals surface area contributed by atoms with Crippen LogP contribution in [-0.2, 0) is 0 Å². The van der Waals surface area contributed by atoms with Crippen molar-refractivity contribution >= 4 is 28.3 Å². The van der Waals surface area contributed by atoms with E-state index in [1.807, 2.05) is 18.2 Å². The summed E-state index contributed by atoms with van der Waals surface area (Å²) < 4.78 is 1.12. The van der Waals surface area contributed by atoms with Gasteiger partial charge in [-0.1, -0.05) is 0 Å². The molecule has 0 aromatic heterocycles. The van der Waals surface area contributed by atoms with Crippen LogP contribution in [0, 0.1) is 14.9 Å². The lowest BCUT2D eigenvalue weighted by Crippen LogP contribution is -2.28. The summed E-state index contributed by atoms with van der Waals surface area (Å²) >= 11 is 2.25. The molecule has 0 unspecified atom stereocenters. The molecule has 0 spiro atoms. The normalized spacial score (nSPS) is 24.1. The van der Waals surface area contributed by atoms with Gasteiger partial charge in [0.1, 0.15) is 6.07 Å². The van der Waals surface area contributed by atoms with Crippen LogP contribution in [-0.4, -0.2) is 17.3 Å². The molecule has 0 aliphatic heterocycles. The second-order valence-corrected chi connectivity index (χ2v) is 5.70. The lowest BCUT2D eigenvalue weighted by molar-refractivity contribution is 0.126. The van der Waals surface area contributed by atoms with E-state index in [0.29, 0.717) is 11.6 Å². The summed E-state index contributed by atoms with van der Waals surface area (Å²) in [7, 11) is 0. The molecule has 2 N–H and O–H groups in total. The van der Waals surface area contributed by atoms with Gasteiger partial charge in [-0.05, 0) is 66.5 Å². The maximum absolute atomic E-state index is 9.46. The molecule has 0 atom stereocenters. The van der Waals surface area contributed by atoms with Crippen molar-refractivity contribution in [3.8, 4) is 6.07 Å². The molecule has 0 heterocycles. The van der Waals surface area contributed by atoms with E-state index < -0.39 is 0 Å². The van der Waals surface area contributed by atoms with Crippen molar-refractivity contribution in [3.05, 3.63) is 27.3 Å². The van der Waals surface area contributed by atoms with E-state index in [4.69, 9.17) is 5.26 Å². The highest BCUT2D eigenvalue weighted by molar-refractivity contribution is 14.1. The van der Waals surface area contributed by atoms with E-state index in [2.05, 4.69) is 34.0 Å². The fourth-order valence-corrected chi connectivity index (χ4v) is 2.66.